The van der Waals surface area contributed by atoms with E-state index in [4.69, 9.17) is 9.57 Å². The number of amidine groups is 1. The van der Waals surface area contributed by atoms with Crippen LogP contribution < -0.4 is 4.74 Å². The van der Waals surface area contributed by atoms with Crippen LogP contribution in [0, 0.1) is 19.7 Å². The molecule has 0 radical (unpaired) electrons. The minimum absolute atomic E-state index is 0.219. The second-order valence-corrected chi connectivity index (χ2v) is 8.73. The Hall–Kier alpha value is -3.61. The van der Waals surface area contributed by atoms with Gasteiger partial charge in [0.2, 0.25) is 5.72 Å². The lowest BCUT2D eigenvalue weighted by atomic mass is 9.94. The molecule has 3 aromatic rings. The van der Waals surface area contributed by atoms with Crippen LogP contribution in [0.25, 0.3) is 11.8 Å². The number of ether oxygens (including phenoxy) is 1. The van der Waals surface area contributed by atoms with Crippen molar-refractivity contribution in [2.75, 3.05) is 13.7 Å². The molecule has 2 aliphatic heterocycles. The molecule has 0 aliphatic carbocycles. The van der Waals surface area contributed by atoms with Crippen molar-refractivity contribution in [3.8, 4) is 11.4 Å². The Morgan fingerprint density at radius 1 is 1.18 bits per heavy atom. The van der Waals surface area contributed by atoms with E-state index < -0.39 is 5.72 Å². The molecule has 33 heavy (non-hydrogen) atoms. The highest BCUT2D eigenvalue weighted by Gasteiger charge is 2.45. The summed E-state index contributed by atoms with van der Waals surface area (Å²) >= 11 is 0. The van der Waals surface area contributed by atoms with Gasteiger partial charge in [0.25, 0.3) is 0 Å². The summed E-state index contributed by atoms with van der Waals surface area (Å²) in [6, 6.07) is 11.2. The van der Waals surface area contributed by atoms with E-state index in [-0.39, 0.29) is 5.82 Å². The van der Waals surface area contributed by atoms with Gasteiger partial charge in [-0.1, -0.05) is 17.3 Å². The maximum Gasteiger partial charge on any atom is 0.234 e. The number of aryl methyl sites for hydroxylation is 2. The number of rotatable bonds is 4. The lowest BCUT2D eigenvalue weighted by molar-refractivity contribution is -0.0913. The summed E-state index contributed by atoms with van der Waals surface area (Å²) in [7, 11) is 1.67. The Balaban J connectivity index is 1.46. The number of benzene rings is 2. The lowest BCUT2D eigenvalue weighted by Crippen LogP contribution is -2.47. The molecule has 0 amide bonds. The molecule has 7 heteroatoms. The van der Waals surface area contributed by atoms with E-state index in [0.717, 1.165) is 59.1 Å². The van der Waals surface area contributed by atoms with E-state index in [0.29, 0.717) is 5.56 Å². The Bertz CT molecular complexity index is 1280. The minimum Gasteiger partial charge on any atom is -0.495 e. The standard InChI is InChI=1S/C26H27FN4O2/c1-17-12-21(8-9-22(17)27)26(3)31-11-5-6-20(25(31)29-33-26)13-19-7-10-23(24(14-19)32-4)30-15-18(2)28-16-30/h7-10,12-16H,5-6,11H2,1-4H3/b20-13+. The number of hydrogen-bond donors (Lipinski definition) is 0. The first-order chi connectivity index (χ1) is 15.9. The number of fused-ring (bicyclic) bond motifs is 1. The van der Waals surface area contributed by atoms with Crippen molar-refractivity contribution in [2.24, 2.45) is 5.16 Å². The van der Waals surface area contributed by atoms with Gasteiger partial charge in [-0.05, 0) is 73.7 Å². The number of nitrogens with zero attached hydrogens (tertiary/aromatic N) is 4. The third-order valence-electron chi connectivity index (χ3n) is 6.42. The zero-order valence-corrected chi connectivity index (χ0v) is 19.3. The van der Waals surface area contributed by atoms with Crippen LogP contribution >= 0.6 is 0 Å². The van der Waals surface area contributed by atoms with Crippen molar-refractivity contribution >= 4 is 11.9 Å². The van der Waals surface area contributed by atoms with Gasteiger partial charge >= 0.3 is 0 Å². The van der Waals surface area contributed by atoms with Crippen LogP contribution in [0.1, 0.15) is 42.1 Å². The van der Waals surface area contributed by atoms with E-state index >= 15 is 0 Å². The summed E-state index contributed by atoms with van der Waals surface area (Å²) in [5, 5.41) is 4.46. The molecule has 0 saturated carbocycles. The van der Waals surface area contributed by atoms with E-state index in [2.05, 4.69) is 27.2 Å². The highest BCUT2D eigenvalue weighted by Crippen LogP contribution is 2.40. The molecule has 5 rings (SSSR count). The quantitative estimate of drug-likeness (QED) is 0.543. The average molecular weight is 447 g/mol. The van der Waals surface area contributed by atoms with Crippen LogP contribution in [0.3, 0.4) is 0 Å². The SMILES string of the molecule is COc1cc(/C=C2\CCCN3C2=NOC3(C)c2ccc(F)c(C)c2)ccc1-n1cnc(C)c1. The van der Waals surface area contributed by atoms with Crippen molar-refractivity contribution in [3.63, 3.8) is 0 Å². The summed E-state index contributed by atoms with van der Waals surface area (Å²) in [5.41, 5.74) is 4.75. The zero-order chi connectivity index (χ0) is 23.2. The molecule has 1 fully saturated rings. The second kappa shape index (κ2) is 8.06. The molecule has 0 N–H and O–H groups in total. The van der Waals surface area contributed by atoms with E-state index in [1.807, 2.05) is 42.8 Å². The molecular weight excluding hydrogens is 419 g/mol. The van der Waals surface area contributed by atoms with Crippen LogP contribution in [0.4, 0.5) is 4.39 Å². The smallest absolute Gasteiger partial charge is 0.234 e. The monoisotopic (exact) mass is 446 g/mol. The minimum atomic E-state index is -0.756. The molecule has 170 valence electrons. The first-order valence-electron chi connectivity index (χ1n) is 11.1. The fourth-order valence-electron chi connectivity index (χ4n) is 4.55. The first kappa shape index (κ1) is 21.2. The molecule has 1 atom stereocenters. The highest BCUT2D eigenvalue weighted by atomic mass is 19.1. The highest BCUT2D eigenvalue weighted by molar-refractivity contribution is 6.03. The molecule has 2 aliphatic rings. The second-order valence-electron chi connectivity index (χ2n) is 8.73. The van der Waals surface area contributed by atoms with Crippen molar-refractivity contribution in [1.29, 1.82) is 0 Å². The summed E-state index contributed by atoms with van der Waals surface area (Å²) < 4.78 is 21.5. The average Bonchev–Trinajstić information content (AvgIpc) is 3.40. The number of halogens is 1. The van der Waals surface area contributed by atoms with Gasteiger partial charge in [-0.25, -0.2) is 9.37 Å². The molecule has 1 saturated heterocycles. The topological polar surface area (TPSA) is 51.9 Å². The van der Waals surface area contributed by atoms with Crippen molar-refractivity contribution in [1.82, 2.24) is 14.5 Å². The van der Waals surface area contributed by atoms with Crippen LogP contribution in [0.5, 0.6) is 5.75 Å². The largest absolute Gasteiger partial charge is 0.495 e. The van der Waals surface area contributed by atoms with Crippen LogP contribution in [0.2, 0.25) is 0 Å². The van der Waals surface area contributed by atoms with E-state index in [1.54, 1.807) is 26.4 Å². The molecular formula is C26H27FN4O2. The maximum absolute atomic E-state index is 13.8. The lowest BCUT2D eigenvalue weighted by Gasteiger charge is -2.37. The van der Waals surface area contributed by atoms with Gasteiger partial charge in [0.15, 0.2) is 5.84 Å². The fourth-order valence-corrected chi connectivity index (χ4v) is 4.55. The molecule has 3 heterocycles. The van der Waals surface area contributed by atoms with Crippen molar-refractivity contribution in [2.45, 2.75) is 39.3 Å². The van der Waals surface area contributed by atoms with Crippen molar-refractivity contribution < 1.29 is 14.0 Å². The Kier molecular flexibility index (Phi) is 5.19. The number of methoxy groups -OCH3 is 1. The Morgan fingerprint density at radius 2 is 2.03 bits per heavy atom. The molecule has 0 spiro atoms. The van der Waals surface area contributed by atoms with Crippen LogP contribution in [-0.4, -0.2) is 33.9 Å². The Labute approximate surface area is 192 Å². The van der Waals surface area contributed by atoms with Gasteiger partial charge in [-0.2, -0.15) is 0 Å². The number of imidazole rings is 1. The molecule has 6 nitrogen and oxygen atoms in total. The predicted molar refractivity (Wildman–Crippen MR) is 126 cm³/mol. The van der Waals surface area contributed by atoms with Gasteiger partial charge in [0, 0.05) is 25.2 Å². The summed E-state index contributed by atoms with van der Waals surface area (Å²) in [4.78, 5) is 12.5. The number of piperidine rings is 1. The van der Waals surface area contributed by atoms with Crippen LogP contribution in [-0.2, 0) is 10.6 Å². The Morgan fingerprint density at radius 3 is 2.76 bits per heavy atom. The predicted octanol–water partition coefficient (Wildman–Crippen LogP) is 5.33. The number of aromatic nitrogens is 2. The third kappa shape index (κ3) is 3.67. The van der Waals surface area contributed by atoms with Gasteiger partial charge in [0.05, 0.1) is 24.8 Å². The zero-order valence-electron chi connectivity index (χ0n) is 19.3. The first-order valence-corrected chi connectivity index (χ1v) is 11.1. The van der Waals surface area contributed by atoms with E-state index in [1.165, 1.54) is 6.07 Å². The van der Waals surface area contributed by atoms with Gasteiger partial charge in [-0.15, -0.1) is 0 Å². The normalized spacial score (nSPS) is 21.1. The third-order valence-corrected chi connectivity index (χ3v) is 6.42. The van der Waals surface area contributed by atoms with Gasteiger partial charge in [0.1, 0.15) is 11.6 Å². The number of oxime groups is 1. The van der Waals surface area contributed by atoms with Crippen molar-refractivity contribution in [3.05, 3.63) is 82.7 Å². The number of hydrogen-bond acceptors (Lipinski definition) is 5. The van der Waals surface area contributed by atoms with E-state index in [9.17, 15) is 4.39 Å². The molecule has 2 aromatic carbocycles. The summed E-state index contributed by atoms with van der Waals surface area (Å²) in [6.07, 6.45) is 7.78. The summed E-state index contributed by atoms with van der Waals surface area (Å²) in [6.45, 7) is 6.54. The summed E-state index contributed by atoms with van der Waals surface area (Å²) in [5.74, 6) is 1.38. The molecule has 0 bridgehead atoms. The maximum atomic E-state index is 13.8. The van der Waals surface area contributed by atoms with Gasteiger partial charge in [-0.3, -0.25) is 0 Å². The molecule has 1 aromatic heterocycles. The van der Waals surface area contributed by atoms with Gasteiger partial charge < -0.3 is 19.0 Å². The van der Waals surface area contributed by atoms with Crippen LogP contribution in [0.15, 0.2) is 59.7 Å². The fraction of sp³-hybridized carbons (Fsp3) is 0.308. The molecule has 1 unspecified atom stereocenters.